The van der Waals surface area contributed by atoms with E-state index in [0.717, 1.165) is 11.1 Å². The Morgan fingerprint density at radius 3 is 2.30 bits per heavy atom. The highest BCUT2D eigenvalue weighted by Gasteiger charge is 2.40. The van der Waals surface area contributed by atoms with E-state index in [-0.39, 0.29) is 12.3 Å². The Labute approximate surface area is 193 Å². The number of rotatable bonds is 7. The Bertz CT molecular complexity index is 1090. The van der Waals surface area contributed by atoms with Gasteiger partial charge in [0.05, 0.1) is 12.0 Å². The Kier molecular flexibility index (Phi) is 7.06. The molecular weight excluding hydrogens is 420 g/mol. The number of hydrogen-bond donors (Lipinski definition) is 3. The molecular formula is C25H30N4O4. The molecule has 0 aliphatic carbocycles. The Hall–Kier alpha value is -3.81. The highest BCUT2D eigenvalue weighted by atomic mass is 16.6. The fourth-order valence-electron chi connectivity index (χ4n) is 3.22. The minimum absolute atomic E-state index is 0.144. The molecule has 3 rings (SSSR count). The van der Waals surface area contributed by atoms with E-state index in [4.69, 9.17) is 4.74 Å². The first kappa shape index (κ1) is 23.8. The third-order valence-electron chi connectivity index (χ3n) is 4.95. The van der Waals surface area contributed by atoms with Crippen molar-refractivity contribution in [3.63, 3.8) is 0 Å². The molecule has 174 valence electrons. The lowest BCUT2D eigenvalue weighted by Gasteiger charge is -2.29. The molecule has 0 saturated heterocycles. The first-order valence-corrected chi connectivity index (χ1v) is 10.7. The highest BCUT2D eigenvalue weighted by molar-refractivity contribution is 5.90. The summed E-state index contributed by atoms with van der Waals surface area (Å²) >= 11 is 0. The van der Waals surface area contributed by atoms with Gasteiger partial charge in [0.2, 0.25) is 0 Å². The number of carbonyl (C=O) groups is 2. The lowest BCUT2D eigenvalue weighted by molar-refractivity contribution is -0.127. The number of nitrogens with zero attached hydrogens (tertiary/aromatic N) is 2. The van der Waals surface area contributed by atoms with Gasteiger partial charge in [0.1, 0.15) is 11.4 Å². The second kappa shape index (κ2) is 9.77. The SMILES string of the molecule is CC(C)(C)OC(=O)NC(C)(C(=O)NCc1ccc(O)cc1)c1cn(Cc2ccccc2)cn1. The van der Waals surface area contributed by atoms with Gasteiger partial charge in [0.25, 0.3) is 5.91 Å². The summed E-state index contributed by atoms with van der Waals surface area (Å²) in [6.45, 7) is 7.65. The fourth-order valence-corrected chi connectivity index (χ4v) is 3.22. The zero-order valence-electron chi connectivity index (χ0n) is 19.3. The molecule has 0 radical (unpaired) electrons. The van der Waals surface area contributed by atoms with Crippen molar-refractivity contribution in [3.05, 3.63) is 83.9 Å². The van der Waals surface area contributed by atoms with Gasteiger partial charge in [-0.25, -0.2) is 9.78 Å². The number of amides is 2. The van der Waals surface area contributed by atoms with Crippen molar-refractivity contribution in [2.45, 2.75) is 51.9 Å². The van der Waals surface area contributed by atoms with Crippen molar-refractivity contribution >= 4 is 12.0 Å². The van der Waals surface area contributed by atoms with Crippen LogP contribution in [-0.2, 0) is 28.2 Å². The topological polar surface area (TPSA) is 105 Å². The van der Waals surface area contributed by atoms with Gasteiger partial charge in [-0.05, 0) is 51.0 Å². The predicted octanol–water partition coefficient (Wildman–Crippen LogP) is 3.69. The number of phenolic OH excluding ortho intramolecular Hbond substituents is 1. The lowest BCUT2D eigenvalue weighted by Crippen LogP contribution is -2.55. The smallest absolute Gasteiger partial charge is 0.408 e. The van der Waals surface area contributed by atoms with E-state index in [1.54, 1.807) is 64.5 Å². The molecule has 1 heterocycles. The van der Waals surface area contributed by atoms with Crippen LogP contribution in [-0.4, -0.2) is 32.3 Å². The monoisotopic (exact) mass is 450 g/mol. The van der Waals surface area contributed by atoms with Crippen LogP contribution in [0.3, 0.4) is 0 Å². The summed E-state index contributed by atoms with van der Waals surface area (Å²) in [5.74, 6) is -0.295. The van der Waals surface area contributed by atoms with Crippen molar-refractivity contribution in [3.8, 4) is 5.75 Å². The molecule has 0 bridgehead atoms. The van der Waals surface area contributed by atoms with Gasteiger partial charge >= 0.3 is 6.09 Å². The van der Waals surface area contributed by atoms with Gasteiger partial charge in [-0.15, -0.1) is 0 Å². The minimum atomic E-state index is -1.47. The van der Waals surface area contributed by atoms with Crippen molar-refractivity contribution in [2.24, 2.45) is 0 Å². The molecule has 1 aromatic heterocycles. The van der Waals surface area contributed by atoms with Gasteiger partial charge < -0.3 is 25.0 Å². The lowest BCUT2D eigenvalue weighted by atomic mass is 9.97. The number of phenols is 1. The van der Waals surface area contributed by atoms with Gasteiger partial charge in [-0.2, -0.15) is 0 Å². The zero-order chi connectivity index (χ0) is 24.1. The van der Waals surface area contributed by atoms with E-state index < -0.39 is 23.1 Å². The molecule has 8 nitrogen and oxygen atoms in total. The fraction of sp³-hybridized carbons (Fsp3) is 0.320. The molecule has 2 amide bonds. The van der Waals surface area contributed by atoms with Crippen molar-refractivity contribution < 1.29 is 19.4 Å². The van der Waals surface area contributed by atoms with Crippen molar-refractivity contribution in [1.29, 1.82) is 0 Å². The van der Waals surface area contributed by atoms with E-state index in [1.807, 2.05) is 34.9 Å². The Morgan fingerprint density at radius 2 is 1.67 bits per heavy atom. The summed E-state index contributed by atoms with van der Waals surface area (Å²) in [6, 6.07) is 16.4. The van der Waals surface area contributed by atoms with Gasteiger partial charge in [0, 0.05) is 19.3 Å². The molecule has 2 aromatic carbocycles. The quantitative estimate of drug-likeness (QED) is 0.509. The third kappa shape index (κ3) is 6.58. The number of alkyl carbamates (subject to hydrolysis) is 1. The summed E-state index contributed by atoms with van der Waals surface area (Å²) in [4.78, 5) is 30.3. The number of nitrogens with one attached hydrogen (secondary N) is 2. The Morgan fingerprint density at radius 1 is 1.00 bits per heavy atom. The van der Waals surface area contributed by atoms with Crippen LogP contribution in [0.2, 0.25) is 0 Å². The molecule has 3 N–H and O–H groups in total. The molecule has 0 aliphatic heterocycles. The largest absolute Gasteiger partial charge is 0.508 e. The maximum Gasteiger partial charge on any atom is 0.408 e. The van der Waals surface area contributed by atoms with E-state index >= 15 is 0 Å². The molecule has 0 spiro atoms. The van der Waals surface area contributed by atoms with Crippen LogP contribution < -0.4 is 10.6 Å². The van der Waals surface area contributed by atoms with Gasteiger partial charge in [-0.3, -0.25) is 4.79 Å². The third-order valence-corrected chi connectivity index (χ3v) is 4.95. The Balaban J connectivity index is 1.82. The number of carbonyl (C=O) groups excluding carboxylic acids is 2. The molecule has 33 heavy (non-hydrogen) atoms. The summed E-state index contributed by atoms with van der Waals surface area (Å²) in [6.07, 6.45) is 2.65. The van der Waals surface area contributed by atoms with Crippen LogP contribution in [0.1, 0.15) is 44.5 Å². The number of ether oxygens (including phenoxy) is 1. The number of aromatic hydroxyl groups is 1. The predicted molar refractivity (Wildman–Crippen MR) is 124 cm³/mol. The maximum atomic E-state index is 13.3. The van der Waals surface area contributed by atoms with E-state index in [9.17, 15) is 14.7 Å². The van der Waals surface area contributed by atoms with Crippen LogP contribution in [0.25, 0.3) is 0 Å². The summed E-state index contributed by atoms with van der Waals surface area (Å²) in [7, 11) is 0. The van der Waals surface area contributed by atoms with Crippen molar-refractivity contribution in [2.75, 3.05) is 0 Å². The summed E-state index contributed by atoms with van der Waals surface area (Å²) < 4.78 is 7.25. The second-order valence-electron chi connectivity index (χ2n) is 9.02. The molecule has 1 unspecified atom stereocenters. The molecule has 0 fully saturated rings. The van der Waals surface area contributed by atoms with Crippen LogP contribution in [0, 0.1) is 0 Å². The summed E-state index contributed by atoms with van der Waals surface area (Å²) in [5.41, 5.74) is 0.0735. The molecule has 3 aromatic rings. The number of benzene rings is 2. The molecule has 0 saturated carbocycles. The van der Waals surface area contributed by atoms with Crippen molar-refractivity contribution in [1.82, 2.24) is 20.2 Å². The average molecular weight is 451 g/mol. The van der Waals surface area contributed by atoms with E-state index in [1.165, 1.54) is 0 Å². The number of hydrogen-bond acceptors (Lipinski definition) is 5. The van der Waals surface area contributed by atoms with Crippen LogP contribution >= 0.6 is 0 Å². The second-order valence-corrected chi connectivity index (χ2v) is 9.02. The normalized spacial score (nSPS) is 13.1. The van der Waals surface area contributed by atoms with E-state index in [2.05, 4.69) is 15.6 Å². The number of aromatic nitrogens is 2. The standard InChI is InChI=1S/C25H30N4O4/c1-24(2,3)33-23(32)28-25(4,22(31)26-14-18-10-12-20(30)13-11-18)21-16-29(17-27-21)15-19-8-6-5-7-9-19/h5-13,16-17,30H,14-15H2,1-4H3,(H,26,31)(H,28,32). The highest BCUT2D eigenvalue weighted by Crippen LogP contribution is 2.22. The molecule has 1 atom stereocenters. The average Bonchev–Trinajstić information content (AvgIpc) is 3.21. The first-order valence-electron chi connectivity index (χ1n) is 10.7. The molecule has 8 heteroatoms. The zero-order valence-corrected chi connectivity index (χ0v) is 19.3. The minimum Gasteiger partial charge on any atom is -0.508 e. The van der Waals surface area contributed by atoms with Crippen LogP contribution in [0.15, 0.2) is 67.1 Å². The maximum absolute atomic E-state index is 13.3. The van der Waals surface area contributed by atoms with E-state index in [0.29, 0.717) is 12.2 Å². The van der Waals surface area contributed by atoms with Crippen LogP contribution in [0.4, 0.5) is 4.79 Å². The van der Waals surface area contributed by atoms with Gasteiger partial charge in [0.15, 0.2) is 5.54 Å². The molecule has 0 aliphatic rings. The van der Waals surface area contributed by atoms with Gasteiger partial charge in [-0.1, -0.05) is 42.5 Å². The summed E-state index contributed by atoms with van der Waals surface area (Å²) in [5, 5.41) is 15.0. The van der Waals surface area contributed by atoms with Crippen LogP contribution in [0.5, 0.6) is 5.75 Å². The first-order chi connectivity index (χ1) is 15.5. The number of imidazole rings is 1.